The lowest BCUT2D eigenvalue weighted by Gasteiger charge is -2.22. The SMILES string of the molecule is CCN(C(=O)c1coc(C)c1)c1ccc(C(=O)O)cc1N. The van der Waals surface area contributed by atoms with E-state index in [9.17, 15) is 9.59 Å². The van der Waals surface area contributed by atoms with Gasteiger partial charge in [-0.05, 0) is 38.1 Å². The number of aryl methyl sites for hydroxylation is 1. The van der Waals surface area contributed by atoms with E-state index in [2.05, 4.69) is 0 Å². The molecular weight excluding hydrogens is 272 g/mol. The number of nitrogens with two attached hydrogens (primary N) is 1. The molecule has 0 bridgehead atoms. The van der Waals surface area contributed by atoms with Crippen LogP contribution < -0.4 is 10.6 Å². The number of nitrogen functional groups attached to an aromatic ring is 1. The van der Waals surface area contributed by atoms with Crippen LogP contribution in [0.1, 0.15) is 33.4 Å². The Hall–Kier alpha value is -2.76. The van der Waals surface area contributed by atoms with Crippen LogP contribution in [-0.4, -0.2) is 23.5 Å². The predicted octanol–water partition coefficient (Wildman–Crippen LogP) is 2.54. The first kappa shape index (κ1) is 14.6. The quantitative estimate of drug-likeness (QED) is 0.843. The molecule has 2 rings (SSSR count). The fourth-order valence-corrected chi connectivity index (χ4v) is 2.07. The molecule has 0 aliphatic rings. The van der Waals surface area contributed by atoms with Crippen LogP contribution in [0, 0.1) is 6.92 Å². The van der Waals surface area contributed by atoms with Gasteiger partial charge in [-0.25, -0.2) is 4.79 Å². The third-order valence-corrected chi connectivity index (χ3v) is 3.10. The molecule has 0 spiro atoms. The molecule has 0 fully saturated rings. The number of carbonyl (C=O) groups excluding carboxylic acids is 1. The first-order chi connectivity index (χ1) is 9.93. The number of carbonyl (C=O) groups is 2. The van der Waals surface area contributed by atoms with E-state index in [1.807, 2.05) is 6.92 Å². The Labute approximate surface area is 121 Å². The number of rotatable bonds is 4. The molecule has 3 N–H and O–H groups in total. The summed E-state index contributed by atoms with van der Waals surface area (Å²) in [6, 6.07) is 5.94. The molecule has 0 saturated heterocycles. The molecule has 21 heavy (non-hydrogen) atoms. The summed E-state index contributed by atoms with van der Waals surface area (Å²) in [7, 11) is 0. The Bertz CT molecular complexity index is 691. The number of furan rings is 1. The molecule has 110 valence electrons. The van der Waals surface area contributed by atoms with E-state index in [4.69, 9.17) is 15.3 Å². The van der Waals surface area contributed by atoms with Gasteiger partial charge in [-0.1, -0.05) is 0 Å². The zero-order valence-electron chi connectivity index (χ0n) is 11.8. The summed E-state index contributed by atoms with van der Waals surface area (Å²) in [6.45, 7) is 3.97. The minimum atomic E-state index is -1.06. The summed E-state index contributed by atoms with van der Waals surface area (Å²) in [5, 5.41) is 8.94. The summed E-state index contributed by atoms with van der Waals surface area (Å²) in [5.74, 6) is -0.666. The highest BCUT2D eigenvalue weighted by Crippen LogP contribution is 2.26. The van der Waals surface area contributed by atoms with E-state index in [-0.39, 0.29) is 17.2 Å². The van der Waals surface area contributed by atoms with Crippen molar-refractivity contribution in [3.05, 3.63) is 47.4 Å². The van der Waals surface area contributed by atoms with E-state index >= 15 is 0 Å². The highest BCUT2D eigenvalue weighted by atomic mass is 16.4. The number of benzene rings is 1. The van der Waals surface area contributed by atoms with Gasteiger partial charge in [0.15, 0.2) is 0 Å². The summed E-state index contributed by atoms with van der Waals surface area (Å²) in [6.07, 6.45) is 1.39. The molecule has 6 nitrogen and oxygen atoms in total. The van der Waals surface area contributed by atoms with Crippen molar-refractivity contribution in [2.45, 2.75) is 13.8 Å². The van der Waals surface area contributed by atoms with Crippen LogP contribution in [0.15, 0.2) is 34.9 Å². The van der Waals surface area contributed by atoms with E-state index in [0.29, 0.717) is 23.6 Å². The van der Waals surface area contributed by atoms with E-state index in [0.717, 1.165) is 0 Å². The lowest BCUT2D eigenvalue weighted by molar-refractivity contribution is 0.0697. The fourth-order valence-electron chi connectivity index (χ4n) is 2.07. The molecule has 0 atom stereocenters. The largest absolute Gasteiger partial charge is 0.478 e. The Balaban J connectivity index is 2.37. The number of anilines is 2. The predicted molar refractivity (Wildman–Crippen MR) is 78.6 cm³/mol. The molecule has 1 aromatic heterocycles. The zero-order valence-corrected chi connectivity index (χ0v) is 11.8. The van der Waals surface area contributed by atoms with Crippen molar-refractivity contribution in [3.63, 3.8) is 0 Å². The highest BCUT2D eigenvalue weighted by Gasteiger charge is 2.20. The lowest BCUT2D eigenvalue weighted by Crippen LogP contribution is -2.31. The van der Waals surface area contributed by atoms with Gasteiger partial charge in [0.05, 0.1) is 22.5 Å². The molecule has 6 heteroatoms. The van der Waals surface area contributed by atoms with Gasteiger partial charge in [0, 0.05) is 6.54 Å². The number of carboxylic acids is 1. The number of hydrogen-bond donors (Lipinski definition) is 2. The van der Waals surface area contributed by atoms with Crippen LogP contribution in [0.3, 0.4) is 0 Å². The third-order valence-electron chi connectivity index (χ3n) is 3.10. The average molecular weight is 288 g/mol. The summed E-state index contributed by atoms with van der Waals surface area (Å²) in [5.41, 5.74) is 7.10. The molecule has 0 aliphatic carbocycles. The smallest absolute Gasteiger partial charge is 0.335 e. The van der Waals surface area contributed by atoms with E-state index in [1.165, 1.54) is 29.4 Å². The van der Waals surface area contributed by atoms with Gasteiger partial charge in [0.2, 0.25) is 0 Å². The minimum Gasteiger partial charge on any atom is -0.478 e. The number of carboxylic acid groups (broad SMARTS) is 1. The van der Waals surface area contributed by atoms with Gasteiger partial charge >= 0.3 is 5.97 Å². The van der Waals surface area contributed by atoms with Crippen LogP contribution in [-0.2, 0) is 0 Å². The lowest BCUT2D eigenvalue weighted by atomic mass is 10.1. The van der Waals surface area contributed by atoms with Crippen molar-refractivity contribution in [1.29, 1.82) is 0 Å². The summed E-state index contributed by atoms with van der Waals surface area (Å²) in [4.78, 5) is 24.8. The molecule has 0 unspecified atom stereocenters. The van der Waals surface area contributed by atoms with Crippen LogP contribution in [0.25, 0.3) is 0 Å². The van der Waals surface area contributed by atoms with Crippen molar-refractivity contribution < 1.29 is 19.1 Å². The van der Waals surface area contributed by atoms with Crippen LogP contribution in [0.2, 0.25) is 0 Å². The highest BCUT2D eigenvalue weighted by molar-refractivity contribution is 6.07. The normalized spacial score (nSPS) is 10.4. The maximum Gasteiger partial charge on any atom is 0.335 e. The second-order valence-corrected chi connectivity index (χ2v) is 4.57. The Morgan fingerprint density at radius 3 is 2.48 bits per heavy atom. The number of hydrogen-bond acceptors (Lipinski definition) is 4. The molecule has 1 heterocycles. The van der Waals surface area contributed by atoms with Gasteiger partial charge < -0.3 is 20.2 Å². The molecule has 0 radical (unpaired) electrons. The molecule has 1 aromatic carbocycles. The standard InChI is InChI=1S/C15H16N2O4/c1-3-17(14(18)11-6-9(2)21-8-11)13-5-4-10(15(19)20)7-12(13)16/h4-8H,3,16H2,1-2H3,(H,19,20). The van der Waals surface area contributed by atoms with Gasteiger partial charge in [0.1, 0.15) is 12.0 Å². The Morgan fingerprint density at radius 2 is 2.00 bits per heavy atom. The van der Waals surface area contributed by atoms with Crippen molar-refractivity contribution in [1.82, 2.24) is 0 Å². The monoisotopic (exact) mass is 288 g/mol. The van der Waals surface area contributed by atoms with Gasteiger partial charge in [-0.3, -0.25) is 4.79 Å². The van der Waals surface area contributed by atoms with Gasteiger partial charge in [-0.2, -0.15) is 0 Å². The molecule has 0 saturated carbocycles. The second-order valence-electron chi connectivity index (χ2n) is 4.57. The molecule has 1 amide bonds. The Morgan fingerprint density at radius 1 is 1.29 bits per heavy atom. The van der Waals surface area contributed by atoms with Crippen molar-refractivity contribution in [2.24, 2.45) is 0 Å². The molecule has 0 aliphatic heterocycles. The first-order valence-corrected chi connectivity index (χ1v) is 6.43. The van der Waals surface area contributed by atoms with Crippen LogP contribution in [0.5, 0.6) is 0 Å². The number of aromatic carboxylic acids is 1. The molecular formula is C15H16N2O4. The van der Waals surface area contributed by atoms with E-state index in [1.54, 1.807) is 13.0 Å². The summed E-state index contributed by atoms with van der Waals surface area (Å²) < 4.78 is 5.14. The minimum absolute atomic E-state index is 0.0823. The van der Waals surface area contributed by atoms with E-state index < -0.39 is 5.97 Å². The van der Waals surface area contributed by atoms with Crippen molar-refractivity contribution in [2.75, 3.05) is 17.2 Å². The zero-order chi connectivity index (χ0) is 15.6. The first-order valence-electron chi connectivity index (χ1n) is 6.43. The van der Waals surface area contributed by atoms with Crippen LogP contribution >= 0.6 is 0 Å². The fraction of sp³-hybridized carbons (Fsp3) is 0.200. The number of amides is 1. The summed E-state index contributed by atoms with van der Waals surface area (Å²) >= 11 is 0. The third kappa shape index (κ3) is 2.89. The number of nitrogens with zero attached hydrogens (tertiary/aromatic N) is 1. The Kier molecular flexibility index (Phi) is 3.98. The van der Waals surface area contributed by atoms with Gasteiger partial charge in [0.25, 0.3) is 5.91 Å². The molecule has 2 aromatic rings. The van der Waals surface area contributed by atoms with Crippen molar-refractivity contribution in [3.8, 4) is 0 Å². The van der Waals surface area contributed by atoms with Crippen molar-refractivity contribution >= 4 is 23.3 Å². The maximum atomic E-state index is 12.5. The second kappa shape index (κ2) is 5.70. The topological polar surface area (TPSA) is 96.8 Å². The average Bonchev–Trinajstić information content (AvgIpc) is 2.87. The van der Waals surface area contributed by atoms with Gasteiger partial charge in [-0.15, -0.1) is 0 Å². The van der Waals surface area contributed by atoms with Crippen LogP contribution in [0.4, 0.5) is 11.4 Å². The maximum absolute atomic E-state index is 12.5.